The minimum Gasteiger partial charge on any atom is -0.481 e. The Morgan fingerprint density at radius 2 is 2.27 bits per heavy atom. The van der Waals surface area contributed by atoms with Gasteiger partial charge >= 0.3 is 5.97 Å². The lowest BCUT2D eigenvalue weighted by molar-refractivity contribution is -0.145. The normalized spacial score (nSPS) is 31.4. The van der Waals surface area contributed by atoms with E-state index >= 15 is 0 Å². The first kappa shape index (κ1) is 10.2. The van der Waals surface area contributed by atoms with E-state index in [0.717, 1.165) is 12.8 Å². The van der Waals surface area contributed by atoms with Crippen LogP contribution in [0.3, 0.4) is 0 Å². The van der Waals surface area contributed by atoms with E-state index in [-0.39, 0.29) is 6.04 Å². The summed E-state index contributed by atoms with van der Waals surface area (Å²) in [5, 5.41) is 16.0. The zero-order chi connectivity index (χ0) is 10.9. The van der Waals surface area contributed by atoms with Crippen LogP contribution in [0, 0.1) is 0 Å². The Morgan fingerprint density at radius 3 is 2.73 bits per heavy atom. The number of hydrogen-bond acceptors (Lipinski definition) is 3. The number of carbonyl (C=O) groups is 1. The Labute approximate surface area is 87.7 Å². The fourth-order valence-corrected chi connectivity index (χ4v) is 2.25. The standard InChI is InChI=1S/C10H15N3O2/c11-7-1-4-10(5-2-7,9(14)15)8-3-6-12-13-8/h3,6-7H,1-2,4-5,11H2,(H,12,13)(H,14,15). The molecule has 0 atom stereocenters. The highest BCUT2D eigenvalue weighted by molar-refractivity contribution is 5.80. The molecule has 0 saturated heterocycles. The van der Waals surface area contributed by atoms with Crippen molar-refractivity contribution < 1.29 is 9.90 Å². The highest BCUT2D eigenvalue weighted by Crippen LogP contribution is 2.38. The van der Waals surface area contributed by atoms with Gasteiger partial charge < -0.3 is 10.8 Å². The van der Waals surface area contributed by atoms with Crippen molar-refractivity contribution in [3.63, 3.8) is 0 Å². The molecule has 0 spiro atoms. The molecule has 5 nitrogen and oxygen atoms in total. The molecule has 1 aromatic heterocycles. The summed E-state index contributed by atoms with van der Waals surface area (Å²) in [5.41, 5.74) is 5.69. The second-order valence-electron chi connectivity index (χ2n) is 4.20. The molecule has 0 aliphatic heterocycles. The maximum atomic E-state index is 11.4. The van der Waals surface area contributed by atoms with Gasteiger partial charge in [0.05, 0.1) is 5.69 Å². The molecule has 0 radical (unpaired) electrons. The summed E-state index contributed by atoms with van der Waals surface area (Å²) in [6.45, 7) is 0. The highest BCUT2D eigenvalue weighted by Gasteiger charge is 2.43. The number of nitrogens with one attached hydrogen (secondary N) is 1. The number of hydrogen-bond donors (Lipinski definition) is 3. The third-order valence-corrected chi connectivity index (χ3v) is 3.31. The summed E-state index contributed by atoms with van der Waals surface area (Å²) < 4.78 is 0. The molecule has 1 fully saturated rings. The van der Waals surface area contributed by atoms with Crippen LogP contribution in [0.15, 0.2) is 12.3 Å². The lowest BCUT2D eigenvalue weighted by atomic mass is 9.70. The van der Waals surface area contributed by atoms with E-state index < -0.39 is 11.4 Å². The van der Waals surface area contributed by atoms with E-state index in [9.17, 15) is 9.90 Å². The maximum Gasteiger partial charge on any atom is 0.315 e. The lowest BCUT2D eigenvalue weighted by Crippen LogP contribution is -2.43. The van der Waals surface area contributed by atoms with Gasteiger partial charge in [-0.25, -0.2) is 0 Å². The van der Waals surface area contributed by atoms with Gasteiger partial charge in [0, 0.05) is 12.2 Å². The molecule has 0 bridgehead atoms. The van der Waals surface area contributed by atoms with E-state index in [4.69, 9.17) is 5.73 Å². The number of carboxylic acids is 1. The van der Waals surface area contributed by atoms with Crippen LogP contribution >= 0.6 is 0 Å². The number of nitrogens with zero attached hydrogens (tertiary/aromatic N) is 1. The number of H-pyrrole nitrogens is 1. The second kappa shape index (κ2) is 3.66. The number of nitrogens with two attached hydrogens (primary N) is 1. The van der Waals surface area contributed by atoms with Gasteiger partial charge in [0.25, 0.3) is 0 Å². The Morgan fingerprint density at radius 1 is 1.60 bits per heavy atom. The minimum absolute atomic E-state index is 0.139. The summed E-state index contributed by atoms with van der Waals surface area (Å²) in [4.78, 5) is 11.4. The van der Waals surface area contributed by atoms with Gasteiger partial charge in [-0.3, -0.25) is 9.89 Å². The van der Waals surface area contributed by atoms with Crippen molar-refractivity contribution in [2.45, 2.75) is 37.1 Å². The molecular formula is C10H15N3O2. The molecule has 1 aliphatic rings. The molecule has 0 amide bonds. The summed E-state index contributed by atoms with van der Waals surface area (Å²) >= 11 is 0. The molecule has 2 rings (SSSR count). The van der Waals surface area contributed by atoms with Crippen molar-refractivity contribution in [2.75, 3.05) is 0 Å². The zero-order valence-corrected chi connectivity index (χ0v) is 8.44. The first-order chi connectivity index (χ1) is 7.15. The number of aromatic amines is 1. The molecule has 1 aromatic rings. The van der Waals surface area contributed by atoms with Crippen molar-refractivity contribution in [3.8, 4) is 0 Å². The van der Waals surface area contributed by atoms with Gasteiger partial charge in [0.2, 0.25) is 0 Å². The molecule has 15 heavy (non-hydrogen) atoms. The Bertz CT molecular complexity index is 340. The number of aromatic nitrogens is 2. The molecule has 82 valence electrons. The molecule has 0 unspecified atom stereocenters. The van der Waals surface area contributed by atoms with E-state index in [1.165, 1.54) is 0 Å². The fraction of sp³-hybridized carbons (Fsp3) is 0.600. The third kappa shape index (κ3) is 1.63. The molecule has 4 N–H and O–H groups in total. The second-order valence-corrected chi connectivity index (χ2v) is 4.20. The highest BCUT2D eigenvalue weighted by atomic mass is 16.4. The molecule has 1 heterocycles. The van der Waals surface area contributed by atoms with E-state index in [0.29, 0.717) is 18.5 Å². The van der Waals surface area contributed by atoms with E-state index in [1.807, 2.05) is 0 Å². The van der Waals surface area contributed by atoms with E-state index in [2.05, 4.69) is 10.2 Å². The number of rotatable bonds is 2. The van der Waals surface area contributed by atoms with Crippen LogP contribution < -0.4 is 5.73 Å². The fourth-order valence-electron chi connectivity index (χ4n) is 2.25. The average molecular weight is 209 g/mol. The predicted octanol–water partition coefficient (Wildman–Crippen LogP) is 0.633. The molecule has 5 heteroatoms. The minimum atomic E-state index is -0.799. The Kier molecular flexibility index (Phi) is 2.48. The summed E-state index contributed by atoms with van der Waals surface area (Å²) in [7, 11) is 0. The maximum absolute atomic E-state index is 11.4. The predicted molar refractivity (Wildman–Crippen MR) is 54.3 cm³/mol. The van der Waals surface area contributed by atoms with Crippen LogP contribution in [-0.4, -0.2) is 27.3 Å². The number of carboxylic acid groups (broad SMARTS) is 1. The van der Waals surface area contributed by atoms with Crippen molar-refractivity contribution in [1.29, 1.82) is 0 Å². The van der Waals surface area contributed by atoms with E-state index in [1.54, 1.807) is 12.3 Å². The molecule has 1 saturated carbocycles. The average Bonchev–Trinajstić information content (AvgIpc) is 2.72. The van der Waals surface area contributed by atoms with Gasteiger partial charge in [-0.1, -0.05) is 0 Å². The third-order valence-electron chi connectivity index (χ3n) is 3.31. The topological polar surface area (TPSA) is 92.0 Å². The SMILES string of the molecule is NC1CCC(C(=O)O)(c2ccn[nH]2)CC1. The van der Waals surface area contributed by atoms with Gasteiger partial charge in [0.15, 0.2) is 0 Å². The Hall–Kier alpha value is -1.36. The van der Waals surface area contributed by atoms with Crippen molar-refractivity contribution in [2.24, 2.45) is 5.73 Å². The summed E-state index contributed by atoms with van der Waals surface area (Å²) in [6, 6.07) is 1.88. The quantitative estimate of drug-likeness (QED) is 0.666. The first-order valence-corrected chi connectivity index (χ1v) is 5.14. The zero-order valence-electron chi connectivity index (χ0n) is 8.44. The number of aliphatic carboxylic acids is 1. The van der Waals surface area contributed by atoms with Crippen molar-refractivity contribution in [3.05, 3.63) is 18.0 Å². The van der Waals surface area contributed by atoms with Crippen LogP contribution in [-0.2, 0) is 10.2 Å². The van der Waals surface area contributed by atoms with Crippen LogP contribution in [0.2, 0.25) is 0 Å². The van der Waals surface area contributed by atoms with Crippen molar-refractivity contribution >= 4 is 5.97 Å². The summed E-state index contributed by atoms with van der Waals surface area (Å²) in [6.07, 6.45) is 4.28. The molecule has 1 aliphatic carbocycles. The van der Waals surface area contributed by atoms with Gasteiger partial charge in [-0.2, -0.15) is 5.10 Å². The van der Waals surface area contributed by atoms with Gasteiger partial charge in [0.1, 0.15) is 5.41 Å². The lowest BCUT2D eigenvalue weighted by Gasteiger charge is -2.34. The molecule has 0 aromatic carbocycles. The van der Waals surface area contributed by atoms with Gasteiger partial charge in [-0.15, -0.1) is 0 Å². The van der Waals surface area contributed by atoms with Crippen LogP contribution in [0.1, 0.15) is 31.4 Å². The van der Waals surface area contributed by atoms with Crippen LogP contribution in [0.25, 0.3) is 0 Å². The van der Waals surface area contributed by atoms with Crippen molar-refractivity contribution in [1.82, 2.24) is 10.2 Å². The largest absolute Gasteiger partial charge is 0.481 e. The van der Waals surface area contributed by atoms with Crippen LogP contribution in [0.5, 0.6) is 0 Å². The van der Waals surface area contributed by atoms with Crippen LogP contribution in [0.4, 0.5) is 0 Å². The Balaban J connectivity index is 2.30. The van der Waals surface area contributed by atoms with Gasteiger partial charge in [-0.05, 0) is 31.7 Å². The summed E-state index contributed by atoms with van der Waals surface area (Å²) in [5.74, 6) is -0.779. The smallest absolute Gasteiger partial charge is 0.315 e. The first-order valence-electron chi connectivity index (χ1n) is 5.14. The monoisotopic (exact) mass is 209 g/mol. The molecular weight excluding hydrogens is 194 g/mol.